The van der Waals surface area contributed by atoms with Crippen LogP contribution in [0.4, 0.5) is 0 Å². The van der Waals surface area contributed by atoms with E-state index in [1.807, 2.05) is 0 Å². The minimum absolute atomic E-state index is 0.0398. The highest BCUT2D eigenvalue weighted by Gasteiger charge is 2.41. The number of fused-ring (bicyclic) bond motifs is 2. The second-order valence-corrected chi connectivity index (χ2v) is 7.18. The molecule has 2 bridgehead atoms. The zero-order valence-electron chi connectivity index (χ0n) is 9.85. The van der Waals surface area contributed by atoms with Crippen molar-refractivity contribution in [3.63, 3.8) is 0 Å². The van der Waals surface area contributed by atoms with Crippen molar-refractivity contribution < 1.29 is 8.42 Å². The summed E-state index contributed by atoms with van der Waals surface area (Å²) < 4.78 is 21.6. The molecule has 2 fully saturated rings. The zero-order chi connectivity index (χ0) is 11.8. The van der Waals surface area contributed by atoms with Crippen molar-refractivity contribution in [2.75, 3.05) is 12.3 Å². The van der Waals surface area contributed by atoms with Crippen LogP contribution in [0.3, 0.4) is 0 Å². The van der Waals surface area contributed by atoms with Gasteiger partial charge in [0.25, 0.3) is 0 Å². The molecule has 16 heavy (non-hydrogen) atoms. The molecule has 0 saturated heterocycles. The van der Waals surface area contributed by atoms with Gasteiger partial charge in [-0.2, -0.15) is 0 Å². The minimum Gasteiger partial charge on any atom is -0.313 e. The van der Waals surface area contributed by atoms with Gasteiger partial charge in [0.1, 0.15) is 0 Å². The molecule has 0 aromatic heterocycles. The number of hydrogen-bond donors (Lipinski definition) is 2. The fourth-order valence-electron chi connectivity index (χ4n) is 3.49. The highest BCUT2D eigenvalue weighted by Crippen LogP contribution is 2.49. The van der Waals surface area contributed by atoms with E-state index in [-0.39, 0.29) is 5.75 Å². The van der Waals surface area contributed by atoms with Crippen molar-refractivity contribution in [3.05, 3.63) is 0 Å². The van der Waals surface area contributed by atoms with Crippen molar-refractivity contribution in [3.8, 4) is 0 Å². The topological polar surface area (TPSA) is 72.2 Å². The largest absolute Gasteiger partial charge is 0.313 e. The molecule has 0 aliphatic heterocycles. The molecule has 94 valence electrons. The fraction of sp³-hybridized carbons (Fsp3) is 1.00. The summed E-state index contributed by atoms with van der Waals surface area (Å²) in [4.78, 5) is 0. The number of primary sulfonamides is 1. The number of hydrogen-bond acceptors (Lipinski definition) is 3. The van der Waals surface area contributed by atoms with Crippen LogP contribution in [0.5, 0.6) is 0 Å². The quantitative estimate of drug-likeness (QED) is 0.749. The van der Waals surface area contributed by atoms with Crippen molar-refractivity contribution in [1.29, 1.82) is 0 Å². The molecule has 2 aliphatic carbocycles. The molecule has 4 nitrogen and oxygen atoms in total. The van der Waals surface area contributed by atoms with Gasteiger partial charge in [-0.3, -0.25) is 0 Å². The van der Waals surface area contributed by atoms with Crippen molar-refractivity contribution in [2.24, 2.45) is 22.9 Å². The van der Waals surface area contributed by atoms with Crippen LogP contribution >= 0.6 is 0 Å². The van der Waals surface area contributed by atoms with E-state index < -0.39 is 10.0 Å². The first-order valence-corrected chi connectivity index (χ1v) is 7.91. The summed E-state index contributed by atoms with van der Waals surface area (Å²) >= 11 is 0. The molecule has 3 N–H and O–H groups in total. The molecule has 5 heteroatoms. The monoisotopic (exact) mass is 246 g/mol. The van der Waals surface area contributed by atoms with Crippen LogP contribution in [0.15, 0.2) is 0 Å². The lowest BCUT2D eigenvalue weighted by Crippen LogP contribution is -2.39. The van der Waals surface area contributed by atoms with Gasteiger partial charge in [0.05, 0.1) is 5.75 Å². The summed E-state index contributed by atoms with van der Waals surface area (Å²) in [5.41, 5.74) is 0. The molecule has 0 radical (unpaired) electrons. The third kappa shape index (κ3) is 2.96. The Balaban J connectivity index is 1.74. The Hall–Kier alpha value is -0.130. The predicted octanol–water partition coefficient (Wildman–Crippen LogP) is 0.689. The van der Waals surface area contributed by atoms with E-state index in [0.717, 1.165) is 17.8 Å². The van der Waals surface area contributed by atoms with Crippen molar-refractivity contribution in [1.82, 2.24) is 5.32 Å². The highest BCUT2D eigenvalue weighted by molar-refractivity contribution is 7.89. The molecule has 0 aromatic carbocycles. The summed E-state index contributed by atoms with van der Waals surface area (Å²) in [6, 6.07) is 0.428. The second-order valence-electron chi connectivity index (χ2n) is 5.45. The summed E-state index contributed by atoms with van der Waals surface area (Å²) in [6.07, 6.45) is 5.50. The van der Waals surface area contributed by atoms with Crippen LogP contribution in [0.25, 0.3) is 0 Å². The van der Waals surface area contributed by atoms with Gasteiger partial charge < -0.3 is 5.32 Å². The molecule has 0 aromatic rings. The van der Waals surface area contributed by atoms with Crippen LogP contribution in [0, 0.1) is 17.8 Å². The van der Waals surface area contributed by atoms with Crippen LogP contribution in [-0.2, 0) is 10.0 Å². The summed E-state index contributed by atoms with van der Waals surface area (Å²) in [7, 11) is -3.32. The third-order valence-electron chi connectivity index (χ3n) is 4.29. The number of nitrogens with one attached hydrogen (secondary N) is 1. The van der Waals surface area contributed by atoms with Gasteiger partial charge in [0.2, 0.25) is 10.0 Å². The molecule has 4 unspecified atom stereocenters. The number of nitrogens with two attached hydrogens (primary N) is 1. The molecule has 2 saturated carbocycles. The lowest BCUT2D eigenvalue weighted by Gasteiger charge is -2.28. The zero-order valence-corrected chi connectivity index (χ0v) is 10.7. The maximum atomic E-state index is 10.8. The Labute approximate surface area is 98.0 Å². The minimum atomic E-state index is -3.32. The molecule has 2 aliphatic rings. The maximum absolute atomic E-state index is 10.8. The van der Waals surface area contributed by atoms with Crippen LogP contribution in [0.2, 0.25) is 0 Å². The highest BCUT2D eigenvalue weighted by atomic mass is 32.2. The van der Waals surface area contributed by atoms with E-state index in [0.29, 0.717) is 12.6 Å². The number of rotatable bonds is 5. The SMILES string of the molecule is CC(NCCS(N)(=O)=O)C1CC2CCC1C2. The molecule has 2 rings (SSSR count). The number of sulfonamides is 1. The van der Waals surface area contributed by atoms with Crippen LogP contribution < -0.4 is 10.5 Å². The van der Waals surface area contributed by atoms with Crippen LogP contribution in [-0.4, -0.2) is 26.8 Å². The Morgan fingerprint density at radius 3 is 2.62 bits per heavy atom. The van der Waals surface area contributed by atoms with Gasteiger partial charge in [-0.25, -0.2) is 13.6 Å². The van der Waals surface area contributed by atoms with E-state index in [1.54, 1.807) is 0 Å². The van der Waals surface area contributed by atoms with E-state index in [1.165, 1.54) is 25.7 Å². The Morgan fingerprint density at radius 2 is 2.12 bits per heavy atom. The molecule has 0 spiro atoms. The molecule has 4 atom stereocenters. The molecular weight excluding hydrogens is 224 g/mol. The first kappa shape index (κ1) is 12.3. The maximum Gasteiger partial charge on any atom is 0.210 e. The van der Waals surface area contributed by atoms with Crippen LogP contribution in [0.1, 0.15) is 32.6 Å². The van der Waals surface area contributed by atoms with Gasteiger partial charge in [-0.15, -0.1) is 0 Å². The summed E-state index contributed by atoms with van der Waals surface area (Å²) in [5, 5.41) is 8.27. The van der Waals surface area contributed by atoms with Gasteiger partial charge >= 0.3 is 0 Å². The normalized spacial score (nSPS) is 35.5. The standard InChI is InChI=1S/C11H22N2O2S/c1-8(13-4-5-16(12,14)15)11-7-9-2-3-10(11)6-9/h8-11,13H,2-7H2,1H3,(H2,12,14,15). The summed E-state index contributed by atoms with van der Waals surface area (Å²) in [6.45, 7) is 2.66. The third-order valence-corrected chi connectivity index (χ3v) is 5.06. The van der Waals surface area contributed by atoms with Gasteiger partial charge in [0, 0.05) is 12.6 Å². The fourth-order valence-corrected chi connectivity index (χ4v) is 3.89. The van der Waals surface area contributed by atoms with Crippen molar-refractivity contribution in [2.45, 2.75) is 38.6 Å². The Morgan fingerprint density at radius 1 is 1.38 bits per heavy atom. The van der Waals surface area contributed by atoms with E-state index in [9.17, 15) is 8.42 Å². The lowest BCUT2D eigenvalue weighted by atomic mass is 9.84. The average molecular weight is 246 g/mol. The first-order chi connectivity index (χ1) is 7.46. The molecular formula is C11H22N2O2S. The van der Waals surface area contributed by atoms with E-state index >= 15 is 0 Å². The lowest BCUT2D eigenvalue weighted by molar-refractivity contribution is 0.263. The van der Waals surface area contributed by atoms with Gasteiger partial charge in [-0.1, -0.05) is 6.42 Å². The Bertz CT molecular complexity index is 342. The van der Waals surface area contributed by atoms with E-state index in [4.69, 9.17) is 5.14 Å². The van der Waals surface area contributed by atoms with Gasteiger partial charge in [0.15, 0.2) is 0 Å². The first-order valence-electron chi connectivity index (χ1n) is 6.19. The Kier molecular flexibility index (Phi) is 3.56. The van der Waals surface area contributed by atoms with Gasteiger partial charge in [-0.05, 0) is 43.9 Å². The molecule has 0 amide bonds. The average Bonchev–Trinajstić information content (AvgIpc) is 2.76. The predicted molar refractivity (Wildman–Crippen MR) is 64.4 cm³/mol. The van der Waals surface area contributed by atoms with Crippen molar-refractivity contribution >= 4 is 10.0 Å². The van der Waals surface area contributed by atoms with E-state index in [2.05, 4.69) is 12.2 Å². The smallest absolute Gasteiger partial charge is 0.210 e. The molecule has 0 heterocycles. The second kappa shape index (κ2) is 4.63. The summed E-state index contributed by atoms with van der Waals surface area (Å²) in [5.74, 6) is 2.61.